The molecular formula is C14H15N5O. The molecule has 0 aliphatic heterocycles. The minimum absolute atomic E-state index is 0.539. The molecule has 2 aromatic rings. The fourth-order valence-electron chi connectivity index (χ4n) is 1.72. The molecule has 1 N–H and O–H groups in total. The molecule has 0 saturated carbocycles. The van der Waals surface area contributed by atoms with Crippen molar-refractivity contribution in [3.8, 4) is 11.9 Å². The first kappa shape index (κ1) is 13.6. The molecule has 0 atom stereocenters. The number of nitrogens with zero attached hydrogens (tertiary/aromatic N) is 4. The number of hydrogen-bond donors (Lipinski definition) is 1. The van der Waals surface area contributed by atoms with Gasteiger partial charge in [0.25, 0.3) is 0 Å². The SMILES string of the molecule is COc1ccccc1Nc1cc(N(C)C#N)nc(C)n1. The number of methoxy groups -OCH3 is 1. The van der Waals surface area contributed by atoms with Crippen LogP contribution in [-0.2, 0) is 0 Å². The van der Waals surface area contributed by atoms with Crippen LogP contribution in [0.15, 0.2) is 30.3 Å². The van der Waals surface area contributed by atoms with Crippen LogP contribution in [0.3, 0.4) is 0 Å². The molecule has 0 spiro atoms. The van der Waals surface area contributed by atoms with E-state index in [1.54, 1.807) is 27.1 Å². The summed E-state index contributed by atoms with van der Waals surface area (Å²) in [6.07, 6.45) is 2.01. The van der Waals surface area contributed by atoms with Crippen molar-refractivity contribution in [1.82, 2.24) is 9.97 Å². The van der Waals surface area contributed by atoms with Gasteiger partial charge in [-0.1, -0.05) is 12.1 Å². The lowest BCUT2D eigenvalue weighted by atomic mass is 10.3. The standard InChI is InChI=1S/C14H15N5O/c1-10-16-13(8-14(17-10)19(2)9-15)18-11-6-4-5-7-12(11)20-3/h4-8H,1-3H3,(H,16,17,18). The lowest BCUT2D eigenvalue weighted by Crippen LogP contribution is -2.12. The van der Waals surface area contributed by atoms with Crippen LogP contribution < -0.4 is 15.0 Å². The number of hydrogen-bond acceptors (Lipinski definition) is 6. The van der Waals surface area contributed by atoms with E-state index in [-0.39, 0.29) is 0 Å². The van der Waals surface area contributed by atoms with Crippen molar-refractivity contribution >= 4 is 17.3 Å². The summed E-state index contributed by atoms with van der Waals surface area (Å²) in [5, 5.41) is 12.1. The number of nitrogens with one attached hydrogen (secondary N) is 1. The fourth-order valence-corrected chi connectivity index (χ4v) is 1.72. The van der Waals surface area contributed by atoms with Crippen molar-refractivity contribution in [1.29, 1.82) is 5.26 Å². The number of aromatic nitrogens is 2. The zero-order chi connectivity index (χ0) is 14.5. The van der Waals surface area contributed by atoms with E-state index in [1.807, 2.05) is 30.5 Å². The highest BCUT2D eigenvalue weighted by Crippen LogP contribution is 2.27. The van der Waals surface area contributed by atoms with Crippen molar-refractivity contribution in [3.63, 3.8) is 0 Å². The van der Waals surface area contributed by atoms with E-state index in [9.17, 15) is 0 Å². The van der Waals surface area contributed by atoms with Gasteiger partial charge in [-0.15, -0.1) is 0 Å². The van der Waals surface area contributed by atoms with Crippen LogP contribution in [0.25, 0.3) is 0 Å². The summed E-state index contributed by atoms with van der Waals surface area (Å²) in [5.41, 5.74) is 0.804. The van der Waals surface area contributed by atoms with Crippen LogP contribution in [0.5, 0.6) is 5.75 Å². The molecule has 0 unspecified atom stereocenters. The molecule has 0 aliphatic carbocycles. The molecule has 6 heteroatoms. The minimum Gasteiger partial charge on any atom is -0.495 e. The van der Waals surface area contributed by atoms with Crippen molar-refractivity contribution in [2.45, 2.75) is 6.92 Å². The normalized spacial score (nSPS) is 9.70. The van der Waals surface area contributed by atoms with Crippen LogP contribution in [0.1, 0.15) is 5.82 Å². The third kappa shape index (κ3) is 2.95. The van der Waals surface area contributed by atoms with Crippen LogP contribution in [-0.4, -0.2) is 24.1 Å². The van der Waals surface area contributed by atoms with Gasteiger partial charge in [0, 0.05) is 13.1 Å². The molecule has 20 heavy (non-hydrogen) atoms. The Hall–Kier alpha value is -2.81. The fraction of sp³-hybridized carbons (Fsp3) is 0.214. The summed E-state index contributed by atoms with van der Waals surface area (Å²) in [7, 11) is 3.26. The molecule has 2 rings (SSSR count). The quantitative estimate of drug-likeness (QED) is 0.679. The Morgan fingerprint density at radius 2 is 2.05 bits per heavy atom. The molecule has 1 heterocycles. The Bertz CT molecular complexity index is 650. The zero-order valence-corrected chi connectivity index (χ0v) is 11.6. The third-order valence-corrected chi connectivity index (χ3v) is 2.69. The van der Waals surface area contributed by atoms with E-state index < -0.39 is 0 Å². The molecule has 0 amide bonds. The van der Waals surface area contributed by atoms with E-state index in [0.29, 0.717) is 17.5 Å². The molecule has 0 radical (unpaired) electrons. The van der Waals surface area contributed by atoms with Gasteiger partial charge in [-0.25, -0.2) is 9.97 Å². The number of anilines is 3. The molecule has 0 bridgehead atoms. The zero-order valence-electron chi connectivity index (χ0n) is 11.6. The largest absolute Gasteiger partial charge is 0.495 e. The van der Waals surface area contributed by atoms with Gasteiger partial charge in [-0.05, 0) is 19.1 Å². The Labute approximate surface area is 117 Å². The first-order valence-corrected chi connectivity index (χ1v) is 6.03. The molecule has 1 aromatic carbocycles. The summed E-state index contributed by atoms with van der Waals surface area (Å²) in [6.45, 7) is 1.78. The first-order chi connectivity index (χ1) is 9.63. The minimum atomic E-state index is 0.539. The van der Waals surface area contributed by atoms with E-state index in [0.717, 1.165) is 11.4 Å². The Balaban J connectivity index is 2.34. The van der Waals surface area contributed by atoms with Gasteiger partial charge in [0.05, 0.1) is 12.8 Å². The second-order valence-electron chi connectivity index (χ2n) is 4.14. The highest BCUT2D eigenvalue weighted by Gasteiger charge is 2.08. The van der Waals surface area contributed by atoms with Crippen molar-refractivity contribution in [2.24, 2.45) is 0 Å². The Kier molecular flexibility index (Phi) is 4.01. The van der Waals surface area contributed by atoms with E-state index in [2.05, 4.69) is 15.3 Å². The number of rotatable bonds is 4. The van der Waals surface area contributed by atoms with Gasteiger partial charge in [0.1, 0.15) is 23.2 Å². The maximum atomic E-state index is 8.92. The van der Waals surface area contributed by atoms with Gasteiger partial charge in [-0.3, -0.25) is 4.90 Å². The van der Waals surface area contributed by atoms with Gasteiger partial charge in [0.15, 0.2) is 6.19 Å². The smallest absolute Gasteiger partial charge is 0.185 e. The van der Waals surface area contributed by atoms with Crippen molar-refractivity contribution in [2.75, 3.05) is 24.4 Å². The van der Waals surface area contributed by atoms with E-state index >= 15 is 0 Å². The summed E-state index contributed by atoms with van der Waals surface area (Å²) < 4.78 is 5.28. The average molecular weight is 269 g/mol. The predicted octanol–water partition coefficient (Wildman–Crippen LogP) is 2.45. The third-order valence-electron chi connectivity index (χ3n) is 2.69. The maximum Gasteiger partial charge on any atom is 0.185 e. The summed E-state index contributed by atoms with van der Waals surface area (Å²) in [4.78, 5) is 9.89. The first-order valence-electron chi connectivity index (χ1n) is 6.03. The summed E-state index contributed by atoms with van der Waals surface area (Å²) in [5.74, 6) is 2.46. The highest BCUT2D eigenvalue weighted by atomic mass is 16.5. The van der Waals surface area contributed by atoms with Gasteiger partial charge in [-0.2, -0.15) is 5.26 Å². The van der Waals surface area contributed by atoms with Gasteiger partial charge >= 0.3 is 0 Å². The van der Waals surface area contributed by atoms with Crippen LogP contribution >= 0.6 is 0 Å². The topological polar surface area (TPSA) is 74.1 Å². The average Bonchev–Trinajstić information content (AvgIpc) is 2.46. The Morgan fingerprint density at radius 3 is 2.75 bits per heavy atom. The molecule has 1 aromatic heterocycles. The number of ether oxygens (including phenoxy) is 1. The number of para-hydroxylation sites is 2. The maximum absolute atomic E-state index is 8.92. The number of nitriles is 1. The lowest BCUT2D eigenvalue weighted by Gasteiger charge is -2.13. The molecule has 0 fully saturated rings. The summed E-state index contributed by atoms with van der Waals surface area (Å²) in [6, 6.07) is 9.26. The second-order valence-corrected chi connectivity index (χ2v) is 4.14. The molecule has 6 nitrogen and oxygen atoms in total. The Morgan fingerprint density at radius 1 is 1.30 bits per heavy atom. The summed E-state index contributed by atoms with van der Waals surface area (Å²) >= 11 is 0. The van der Waals surface area contributed by atoms with Crippen LogP contribution in [0.4, 0.5) is 17.3 Å². The predicted molar refractivity (Wildman–Crippen MR) is 77.1 cm³/mol. The molecular weight excluding hydrogens is 254 g/mol. The van der Waals surface area contributed by atoms with Crippen LogP contribution in [0, 0.1) is 18.4 Å². The molecule has 0 aliphatic rings. The van der Waals surface area contributed by atoms with E-state index in [4.69, 9.17) is 10.00 Å². The highest BCUT2D eigenvalue weighted by molar-refractivity contribution is 5.66. The van der Waals surface area contributed by atoms with Gasteiger partial charge < -0.3 is 10.1 Å². The monoisotopic (exact) mass is 269 g/mol. The number of aryl methyl sites for hydroxylation is 1. The lowest BCUT2D eigenvalue weighted by molar-refractivity contribution is 0.417. The van der Waals surface area contributed by atoms with Gasteiger partial charge in [0.2, 0.25) is 0 Å². The van der Waals surface area contributed by atoms with Crippen molar-refractivity contribution in [3.05, 3.63) is 36.2 Å². The molecule has 0 saturated heterocycles. The number of benzene rings is 1. The van der Waals surface area contributed by atoms with Crippen molar-refractivity contribution < 1.29 is 4.74 Å². The second kappa shape index (κ2) is 5.89. The molecule has 102 valence electrons. The van der Waals surface area contributed by atoms with Crippen LogP contribution in [0.2, 0.25) is 0 Å². The van der Waals surface area contributed by atoms with E-state index in [1.165, 1.54) is 4.90 Å².